The minimum Gasteiger partial charge on any atom is -0.310 e. The van der Waals surface area contributed by atoms with Crippen molar-refractivity contribution in [1.29, 1.82) is 0 Å². The first-order valence-electron chi connectivity index (χ1n) is 6.41. The van der Waals surface area contributed by atoms with Crippen LogP contribution < -0.4 is 5.32 Å². The van der Waals surface area contributed by atoms with Crippen LogP contribution in [-0.4, -0.2) is 31.0 Å². The predicted octanol–water partition coefficient (Wildman–Crippen LogP) is 2.64. The fraction of sp³-hybridized carbons (Fsp3) is 0.571. The van der Waals surface area contributed by atoms with Crippen LogP contribution >= 0.6 is 0 Å². The third-order valence-corrected chi connectivity index (χ3v) is 3.10. The van der Waals surface area contributed by atoms with E-state index in [2.05, 4.69) is 17.4 Å². The van der Waals surface area contributed by atoms with Crippen molar-refractivity contribution in [2.75, 3.05) is 13.6 Å². The minimum absolute atomic E-state index is 0.176. The van der Waals surface area contributed by atoms with Gasteiger partial charge < -0.3 is 5.32 Å². The normalized spacial score (nSPS) is 15.6. The van der Waals surface area contributed by atoms with Crippen LogP contribution in [-0.2, 0) is 13.1 Å². The van der Waals surface area contributed by atoms with E-state index in [-0.39, 0.29) is 6.54 Å². The van der Waals surface area contributed by atoms with Crippen LogP contribution in [0, 0.1) is 0 Å². The van der Waals surface area contributed by atoms with E-state index in [1.165, 1.54) is 18.4 Å². The van der Waals surface area contributed by atoms with Crippen molar-refractivity contribution in [3.63, 3.8) is 0 Å². The largest absolute Gasteiger partial charge is 0.310 e. The van der Waals surface area contributed by atoms with Crippen LogP contribution in [0.5, 0.6) is 0 Å². The fourth-order valence-corrected chi connectivity index (χ4v) is 1.92. The molecule has 0 saturated heterocycles. The van der Waals surface area contributed by atoms with Crippen molar-refractivity contribution in [2.45, 2.75) is 38.4 Å². The topological polar surface area (TPSA) is 15.3 Å². The number of nitrogens with zero attached hydrogens (tertiary/aromatic N) is 1. The third kappa shape index (κ3) is 4.70. The Balaban J connectivity index is 1.78. The number of benzene rings is 1. The van der Waals surface area contributed by atoms with Gasteiger partial charge in [-0.25, -0.2) is 8.78 Å². The molecule has 0 radical (unpaired) electrons. The van der Waals surface area contributed by atoms with Crippen LogP contribution in [0.25, 0.3) is 0 Å². The molecule has 1 aliphatic carbocycles. The molecule has 0 amide bonds. The Labute approximate surface area is 107 Å². The van der Waals surface area contributed by atoms with Crippen LogP contribution in [0.1, 0.15) is 24.0 Å². The Morgan fingerprint density at radius 2 is 1.83 bits per heavy atom. The summed E-state index contributed by atoms with van der Waals surface area (Å²) >= 11 is 0. The molecule has 0 aromatic heterocycles. The van der Waals surface area contributed by atoms with E-state index in [9.17, 15) is 8.78 Å². The van der Waals surface area contributed by atoms with E-state index in [4.69, 9.17) is 0 Å². The highest BCUT2D eigenvalue weighted by atomic mass is 19.3. The smallest absolute Gasteiger partial charge is 0.251 e. The maximum atomic E-state index is 12.2. The van der Waals surface area contributed by atoms with E-state index < -0.39 is 6.43 Å². The molecule has 2 rings (SSSR count). The lowest BCUT2D eigenvalue weighted by Gasteiger charge is -2.16. The molecule has 1 aliphatic rings. The molecule has 0 heterocycles. The number of alkyl halides is 2. The van der Waals surface area contributed by atoms with Gasteiger partial charge in [-0.3, -0.25) is 4.90 Å². The lowest BCUT2D eigenvalue weighted by atomic mass is 10.1. The van der Waals surface area contributed by atoms with Gasteiger partial charge in [0.05, 0.1) is 6.54 Å². The Kier molecular flexibility index (Phi) is 4.66. The Bertz CT molecular complexity index is 361. The minimum atomic E-state index is -2.27. The molecular weight excluding hydrogens is 234 g/mol. The molecule has 100 valence electrons. The summed E-state index contributed by atoms with van der Waals surface area (Å²) in [5.41, 5.74) is 2.33. The highest BCUT2D eigenvalue weighted by molar-refractivity contribution is 5.22. The van der Waals surface area contributed by atoms with Crippen molar-refractivity contribution in [2.24, 2.45) is 0 Å². The molecule has 2 nitrogen and oxygen atoms in total. The molecule has 0 atom stereocenters. The molecule has 18 heavy (non-hydrogen) atoms. The van der Waals surface area contributed by atoms with Crippen LogP contribution in [0.2, 0.25) is 0 Å². The second-order valence-corrected chi connectivity index (χ2v) is 5.06. The average molecular weight is 254 g/mol. The lowest BCUT2D eigenvalue weighted by Crippen LogP contribution is -2.24. The van der Waals surface area contributed by atoms with Crippen molar-refractivity contribution in [3.8, 4) is 0 Å². The van der Waals surface area contributed by atoms with Crippen molar-refractivity contribution in [1.82, 2.24) is 10.2 Å². The molecular formula is C14H20F2N2. The summed E-state index contributed by atoms with van der Waals surface area (Å²) in [6.45, 7) is 1.30. The summed E-state index contributed by atoms with van der Waals surface area (Å²) in [6, 6.07) is 8.89. The molecule has 0 spiro atoms. The number of hydrogen-bond donors (Lipinski definition) is 1. The Hall–Kier alpha value is -1.00. The maximum absolute atomic E-state index is 12.2. The SMILES string of the molecule is CN(Cc1ccc(CNC2CC2)cc1)CC(F)F. The molecule has 0 unspecified atom stereocenters. The first kappa shape index (κ1) is 13.4. The summed E-state index contributed by atoms with van der Waals surface area (Å²) in [7, 11) is 1.72. The maximum Gasteiger partial charge on any atom is 0.251 e. The van der Waals surface area contributed by atoms with Gasteiger partial charge in [0.15, 0.2) is 0 Å². The van der Waals surface area contributed by atoms with Gasteiger partial charge in [0.1, 0.15) is 0 Å². The summed E-state index contributed by atoms with van der Waals surface area (Å²) in [5.74, 6) is 0. The van der Waals surface area contributed by atoms with E-state index in [1.54, 1.807) is 11.9 Å². The summed E-state index contributed by atoms with van der Waals surface area (Å²) < 4.78 is 24.4. The summed E-state index contributed by atoms with van der Waals surface area (Å²) in [4.78, 5) is 1.64. The van der Waals surface area contributed by atoms with Gasteiger partial charge in [-0.05, 0) is 31.0 Å². The molecule has 1 saturated carbocycles. The fourth-order valence-electron chi connectivity index (χ4n) is 1.92. The second-order valence-electron chi connectivity index (χ2n) is 5.06. The zero-order valence-corrected chi connectivity index (χ0v) is 10.7. The number of hydrogen-bond acceptors (Lipinski definition) is 2. The quantitative estimate of drug-likeness (QED) is 0.804. The lowest BCUT2D eigenvalue weighted by molar-refractivity contribution is 0.0975. The van der Waals surface area contributed by atoms with E-state index in [0.29, 0.717) is 12.6 Å². The monoisotopic (exact) mass is 254 g/mol. The molecule has 0 bridgehead atoms. The predicted molar refractivity (Wildman–Crippen MR) is 68.6 cm³/mol. The molecule has 1 aromatic rings. The van der Waals surface area contributed by atoms with Gasteiger partial charge >= 0.3 is 0 Å². The van der Waals surface area contributed by atoms with Crippen LogP contribution in [0.15, 0.2) is 24.3 Å². The van der Waals surface area contributed by atoms with Gasteiger partial charge in [-0.2, -0.15) is 0 Å². The van der Waals surface area contributed by atoms with Crippen molar-refractivity contribution >= 4 is 0 Å². The van der Waals surface area contributed by atoms with Crippen LogP contribution in [0.3, 0.4) is 0 Å². The van der Waals surface area contributed by atoms with E-state index >= 15 is 0 Å². The van der Waals surface area contributed by atoms with Crippen molar-refractivity contribution < 1.29 is 8.78 Å². The first-order valence-corrected chi connectivity index (χ1v) is 6.41. The molecule has 1 N–H and O–H groups in total. The highest BCUT2D eigenvalue weighted by Crippen LogP contribution is 2.19. The third-order valence-electron chi connectivity index (χ3n) is 3.10. The Morgan fingerprint density at radius 3 is 2.39 bits per heavy atom. The van der Waals surface area contributed by atoms with Gasteiger partial charge in [-0.1, -0.05) is 24.3 Å². The van der Waals surface area contributed by atoms with Gasteiger partial charge in [-0.15, -0.1) is 0 Å². The molecule has 4 heteroatoms. The van der Waals surface area contributed by atoms with Gasteiger partial charge in [0.2, 0.25) is 0 Å². The zero-order chi connectivity index (χ0) is 13.0. The average Bonchev–Trinajstić information content (AvgIpc) is 3.11. The first-order chi connectivity index (χ1) is 8.63. The molecule has 1 aromatic carbocycles. The van der Waals surface area contributed by atoms with E-state index in [0.717, 1.165) is 12.1 Å². The number of nitrogens with one attached hydrogen (secondary N) is 1. The number of rotatable bonds is 7. The van der Waals surface area contributed by atoms with E-state index in [1.807, 2.05) is 12.1 Å². The standard InChI is InChI=1S/C14H20F2N2/c1-18(10-14(15)16)9-12-4-2-11(3-5-12)8-17-13-6-7-13/h2-5,13-14,17H,6-10H2,1H3. The second kappa shape index (κ2) is 6.25. The molecule has 0 aliphatic heterocycles. The van der Waals surface area contributed by atoms with Gasteiger partial charge in [0.25, 0.3) is 6.43 Å². The Morgan fingerprint density at radius 1 is 1.22 bits per heavy atom. The van der Waals surface area contributed by atoms with Gasteiger partial charge in [0, 0.05) is 19.1 Å². The summed E-state index contributed by atoms with van der Waals surface area (Å²) in [5, 5.41) is 3.45. The zero-order valence-electron chi connectivity index (χ0n) is 10.7. The van der Waals surface area contributed by atoms with Crippen LogP contribution in [0.4, 0.5) is 8.78 Å². The van der Waals surface area contributed by atoms with Crippen molar-refractivity contribution in [3.05, 3.63) is 35.4 Å². The molecule has 1 fully saturated rings. The summed E-state index contributed by atoms with van der Waals surface area (Å²) in [6.07, 6.45) is 0.310. The highest BCUT2D eigenvalue weighted by Gasteiger charge is 2.19. The number of halogens is 2.